The van der Waals surface area contributed by atoms with Crippen molar-refractivity contribution in [3.05, 3.63) is 0 Å². The predicted molar refractivity (Wildman–Crippen MR) is 51.3 cm³/mol. The third-order valence-corrected chi connectivity index (χ3v) is 2.82. The molecule has 1 N–H and O–H groups in total. The fraction of sp³-hybridized carbons (Fsp3) is 1.00. The third kappa shape index (κ3) is 2.76. The fourth-order valence-corrected chi connectivity index (χ4v) is 2.18. The van der Waals surface area contributed by atoms with E-state index in [2.05, 4.69) is 12.2 Å². The lowest BCUT2D eigenvalue weighted by molar-refractivity contribution is 0.171. The zero-order valence-electron chi connectivity index (χ0n) is 8.31. The van der Waals surface area contributed by atoms with Crippen molar-refractivity contribution in [1.29, 1.82) is 0 Å². The van der Waals surface area contributed by atoms with Gasteiger partial charge >= 0.3 is 0 Å². The van der Waals surface area contributed by atoms with Crippen LogP contribution < -0.4 is 5.32 Å². The molecular formula is C10H21NO. The molecule has 12 heavy (non-hydrogen) atoms. The molecule has 0 saturated heterocycles. The summed E-state index contributed by atoms with van der Waals surface area (Å²) in [5, 5.41) is 3.55. The zero-order valence-corrected chi connectivity index (χ0v) is 8.31. The molecular weight excluding hydrogens is 150 g/mol. The van der Waals surface area contributed by atoms with Gasteiger partial charge in [0.2, 0.25) is 0 Å². The Bertz CT molecular complexity index is 116. The van der Waals surface area contributed by atoms with Gasteiger partial charge in [-0.05, 0) is 31.7 Å². The van der Waals surface area contributed by atoms with Crippen LogP contribution in [-0.4, -0.2) is 26.3 Å². The molecule has 1 rings (SSSR count). The summed E-state index contributed by atoms with van der Waals surface area (Å²) in [5.74, 6) is 0.866. The number of nitrogens with one attached hydrogen (secondary N) is 1. The molecule has 0 spiro atoms. The molecule has 0 radical (unpaired) electrons. The Hall–Kier alpha value is -0.0800. The maximum absolute atomic E-state index is 5.10. The van der Waals surface area contributed by atoms with Gasteiger partial charge in [-0.25, -0.2) is 0 Å². The number of ether oxygens (including phenoxy) is 1. The first-order valence-electron chi connectivity index (χ1n) is 5.10. The summed E-state index contributed by atoms with van der Waals surface area (Å²) in [6.45, 7) is 4.21. The molecule has 72 valence electrons. The molecule has 0 aliphatic heterocycles. The molecule has 2 atom stereocenters. The predicted octanol–water partition coefficient (Wildman–Crippen LogP) is 1.80. The van der Waals surface area contributed by atoms with Gasteiger partial charge in [0.1, 0.15) is 0 Å². The standard InChI is InChI=1S/C10H21NO/c1-3-11-10-6-4-5-9(10)7-8-12-2/h9-11H,3-8H2,1-2H3. The minimum absolute atomic E-state index is 0.769. The van der Waals surface area contributed by atoms with Crippen molar-refractivity contribution in [3.8, 4) is 0 Å². The van der Waals surface area contributed by atoms with Gasteiger partial charge in [0, 0.05) is 19.8 Å². The van der Waals surface area contributed by atoms with Crippen molar-refractivity contribution in [3.63, 3.8) is 0 Å². The van der Waals surface area contributed by atoms with Crippen molar-refractivity contribution >= 4 is 0 Å². The summed E-state index contributed by atoms with van der Waals surface area (Å²) in [5.41, 5.74) is 0. The van der Waals surface area contributed by atoms with Gasteiger partial charge in [0.05, 0.1) is 0 Å². The number of rotatable bonds is 5. The summed E-state index contributed by atoms with van der Waals surface area (Å²) in [6, 6.07) is 0.769. The molecule has 2 heteroatoms. The second-order valence-corrected chi connectivity index (χ2v) is 3.64. The number of methoxy groups -OCH3 is 1. The second kappa shape index (κ2) is 5.55. The lowest BCUT2D eigenvalue weighted by atomic mass is 10.0. The fourth-order valence-electron chi connectivity index (χ4n) is 2.18. The maximum Gasteiger partial charge on any atom is 0.0465 e. The summed E-state index contributed by atoms with van der Waals surface area (Å²) in [6.07, 6.45) is 5.38. The topological polar surface area (TPSA) is 21.3 Å². The Morgan fingerprint density at radius 3 is 2.92 bits per heavy atom. The van der Waals surface area contributed by atoms with Crippen LogP contribution in [0.15, 0.2) is 0 Å². The van der Waals surface area contributed by atoms with Crippen molar-refractivity contribution in [2.75, 3.05) is 20.3 Å². The Morgan fingerprint density at radius 2 is 2.25 bits per heavy atom. The molecule has 0 bridgehead atoms. The average molecular weight is 171 g/mol. The van der Waals surface area contributed by atoms with Gasteiger partial charge < -0.3 is 10.1 Å². The van der Waals surface area contributed by atoms with E-state index in [-0.39, 0.29) is 0 Å². The van der Waals surface area contributed by atoms with Gasteiger partial charge in [-0.15, -0.1) is 0 Å². The lowest BCUT2D eigenvalue weighted by Gasteiger charge is -2.19. The molecule has 0 aromatic carbocycles. The van der Waals surface area contributed by atoms with Crippen LogP contribution in [0.5, 0.6) is 0 Å². The summed E-state index contributed by atoms with van der Waals surface area (Å²) in [4.78, 5) is 0. The highest BCUT2D eigenvalue weighted by atomic mass is 16.5. The van der Waals surface area contributed by atoms with E-state index in [4.69, 9.17) is 4.74 Å². The number of hydrogen-bond acceptors (Lipinski definition) is 2. The summed E-state index contributed by atoms with van der Waals surface area (Å²) < 4.78 is 5.10. The molecule has 2 unspecified atom stereocenters. The van der Waals surface area contributed by atoms with E-state index in [9.17, 15) is 0 Å². The first kappa shape index (κ1) is 10.0. The van der Waals surface area contributed by atoms with E-state index in [1.165, 1.54) is 25.7 Å². The average Bonchev–Trinajstić information content (AvgIpc) is 2.50. The largest absolute Gasteiger partial charge is 0.385 e. The number of hydrogen-bond donors (Lipinski definition) is 1. The molecule has 0 amide bonds. The molecule has 1 aliphatic carbocycles. The molecule has 0 aromatic heterocycles. The van der Waals surface area contributed by atoms with E-state index in [0.717, 1.165) is 25.1 Å². The van der Waals surface area contributed by atoms with Gasteiger partial charge in [0.25, 0.3) is 0 Å². The van der Waals surface area contributed by atoms with Crippen LogP contribution in [0.3, 0.4) is 0 Å². The van der Waals surface area contributed by atoms with E-state index >= 15 is 0 Å². The highest BCUT2D eigenvalue weighted by Crippen LogP contribution is 2.28. The van der Waals surface area contributed by atoms with Crippen molar-refractivity contribution in [1.82, 2.24) is 5.32 Å². The first-order valence-corrected chi connectivity index (χ1v) is 5.10. The van der Waals surface area contributed by atoms with Crippen molar-refractivity contribution in [2.24, 2.45) is 5.92 Å². The van der Waals surface area contributed by atoms with Crippen LogP contribution in [0.25, 0.3) is 0 Å². The SMILES string of the molecule is CCNC1CCCC1CCOC. The van der Waals surface area contributed by atoms with Gasteiger partial charge in [-0.1, -0.05) is 13.3 Å². The van der Waals surface area contributed by atoms with Crippen LogP contribution >= 0.6 is 0 Å². The minimum atomic E-state index is 0.769. The third-order valence-electron chi connectivity index (χ3n) is 2.82. The van der Waals surface area contributed by atoms with E-state index in [0.29, 0.717) is 0 Å². The Kier molecular flexibility index (Phi) is 4.62. The zero-order chi connectivity index (χ0) is 8.81. The first-order chi connectivity index (χ1) is 5.88. The molecule has 2 nitrogen and oxygen atoms in total. The van der Waals surface area contributed by atoms with Crippen LogP contribution in [0.4, 0.5) is 0 Å². The Balaban J connectivity index is 2.20. The van der Waals surface area contributed by atoms with Crippen molar-refractivity contribution < 1.29 is 4.74 Å². The van der Waals surface area contributed by atoms with Crippen molar-refractivity contribution in [2.45, 2.75) is 38.6 Å². The van der Waals surface area contributed by atoms with Gasteiger partial charge in [0.15, 0.2) is 0 Å². The maximum atomic E-state index is 5.10. The monoisotopic (exact) mass is 171 g/mol. The van der Waals surface area contributed by atoms with Crippen LogP contribution in [-0.2, 0) is 4.74 Å². The van der Waals surface area contributed by atoms with Gasteiger partial charge in [-0.2, -0.15) is 0 Å². The summed E-state index contributed by atoms with van der Waals surface area (Å²) >= 11 is 0. The normalized spacial score (nSPS) is 29.5. The molecule has 1 fully saturated rings. The Labute approximate surface area is 75.7 Å². The van der Waals surface area contributed by atoms with E-state index < -0.39 is 0 Å². The van der Waals surface area contributed by atoms with Gasteiger partial charge in [-0.3, -0.25) is 0 Å². The highest BCUT2D eigenvalue weighted by molar-refractivity contribution is 4.82. The van der Waals surface area contributed by atoms with E-state index in [1.54, 1.807) is 7.11 Å². The molecule has 0 heterocycles. The van der Waals surface area contributed by atoms with E-state index in [1.807, 2.05) is 0 Å². The summed E-state index contributed by atoms with van der Waals surface area (Å²) in [7, 11) is 1.79. The molecule has 1 saturated carbocycles. The Morgan fingerprint density at radius 1 is 1.42 bits per heavy atom. The lowest BCUT2D eigenvalue weighted by Crippen LogP contribution is -2.32. The highest BCUT2D eigenvalue weighted by Gasteiger charge is 2.25. The smallest absolute Gasteiger partial charge is 0.0465 e. The minimum Gasteiger partial charge on any atom is -0.385 e. The second-order valence-electron chi connectivity index (χ2n) is 3.64. The molecule has 1 aliphatic rings. The van der Waals surface area contributed by atoms with Crippen LogP contribution in [0.1, 0.15) is 32.6 Å². The van der Waals surface area contributed by atoms with Crippen LogP contribution in [0, 0.1) is 5.92 Å². The quantitative estimate of drug-likeness (QED) is 0.681. The van der Waals surface area contributed by atoms with Crippen LogP contribution in [0.2, 0.25) is 0 Å². The molecule has 0 aromatic rings.